The number of hydrogen-bond acceptors (Lipinski definition) is 6. The van der Waals surface area contributed by atoms with Gasteiger partial charge in [-0.3, -0.25) is 9.59 Å². The van der Waals surface area contributed by atoms with Crippen molar-refractivity contribution in [1.82, 2.24) is 20.6 Å². The highest BCUT2D eigenvalue weighted by atomic mass is 19.3. The van der Waals surface area contributed by atoms with E-state index in [1.54, 1.807) is 19.2 Å². The second-order valence-electron chi connectivity index (χ2n) is 11.7. The number of aromatic nitrogens is 2. The van der Waals surface area contributed by atoms with Gasteiger partial charge in [0.05, 0.1) is 17.2 Å². The summed E-state index contributed by atoms with van der Waals surface area (Å²) in [6.45, 7) is 1.03. The van der Waals surface area contributed by atoms with Gasteiger partial charge in [0.1, 0.15) is 22.7 Å². The minimum absolute atomic E-state index is 0.00219. The number of furan rings is 1. The van der Waals surface area contributed by atoms with Crippen LogP contribution in [0, 0.1) is 12.7 Å². The summed E-state index contributed by atoms with van der Waals surface area (Å²) in [6.07, 6.45) is 3.58. The molecule has 2 N–H and O–H groups in total. The predicted molar refractivity (Wildman–Crippen MR) is 170 cm³/mol. The van der Waals surface area contributed by atoms with Gasteiger partial charge in [0, 0.05) is 43.2 Å². The normalized spacial score (nSPS) is 17.5. The van der Waals surface area contributed by atoms with Crippen molar-refractivity contribution in [3.05, 3.63) is 107 Å². The third-order valence-electron chi connectivity index (χ3n) is 8.52. The van der Waals surface area contributed by atoms with Crippen molar-refractivity contribution in [2.75, 3.05) is 7.05 Å². The maximum atomic E-state index is 15.3. The SMILES string of the molecule is CCCc1cc2oc(-c3ccc(C)cc3)c(C(=O)NC)c2cc1-c1ccc(F)c(C(=O)NC2(c3ncccn3)CC(OC(F)F)C2)c1. The van der Waals surface area contributed by atoms with Crippen LogP contribution >= 0.6 is 0 Å². The zero-order valence-electron chi connectivity index (χ0n) is 26.1. The van der Waals surface area contributed by atoms with E-state index in [1.807, 2.05) is 50.2 Å². The zero-order chi connectivity index (χ0) is 33.3. The van der Waals surface area contributed by atoms with Gasteiger partial charge in [0.15, 0.2) is 5.82 Å². The van der Waals surface area contributed by atoms with E-state index in [0.29, 0.717) is 39.8 Å². The quantitative estimate of drug-likeness (QED) is 0.165. The number of amides is 2. The van der Waals surface area contributed by atoms with E-state index in [0.717, 1.165) is 23.1 Å². The largest absolute Gasteiger partial charge is 0.455 e. The summed E-state index contributed by atoms with van der Waals surface area (Å²) in [7, 11) is 1.55. The number of benzene rings is 3. The van der Waals surface area contributed by atoms with Crippen molar-refractivity contribution in [2.45, 2.75) is 57.8 Å². The summed E-state index contributed by atoms with van der Waals surface area (Å²) >= 11 is 0. The number of rotatable bonds is 10. The number of carbonyl (C=O) groups excluding carboxylic acids is 2. The van der Waals surface area contributed by atoms with Crippen LogP contribution in [0.15, 0.2) is 77.5 Å². The van der Waals surface area contributed by atoms with Crippen molar-refractivity contribution < 1.29 is 31.9 Å². The number of fused-ring (bicyclic) bond motifs is 1. The van der Waals surface area contributed by atoms with Crippen LogP contribution < -0.4 is 10.6 Å². The molecular weight excluding hydrogens is 609 g/mol. The Morgan fingerprint density at radius 2 is 1.72 bits per heavy atom. The molecule has 8 nitrogen and oxygen atoms in total. The molecule has 5 aromatic rings. The maximum Gasteiger partial charge on any atom is 0.345 e. The van der Waals surface area contributed by atoms with Crippen molar-refractivity contribution in [3.8, 4) is 22.5 Å². The van der Waals surface area contributed by atoms with Crippen LogP contribution in [0.25, 0.3) is 33.4 Å². The fourth-order valence-electron chi connectivity index (χ4n) is 6.19. The first kappa shape index (κ1) is 31.9. The topological polar surface area (TPSA) is 106 Å². The highest BCUT2D eigenvalue weighted by Crippen LogP contribution is 2.43. The van der Waals surface area contributed by atoms with Crippen LogP contribution in [0.2, 0.25) is 0 Å². The third-order valence-corrected chi connectivity index (χ3v) is 8.52. The lowest BCUT2D eigenvalue weighted by atomic mass is 9.73. The molecule has 6 rings (SSSR count). The molecular formula is C36H33F3N4O4. The summed E-state index contributed by atoms with van der Waals surface area (Å²) < 4.78 is 52.1. The molecule has 0 radical (unpaired) electrons. The van der Waals surface area contributed by atoms with Gasteiger partial charge in [-0.25, -0.2) is 14.4 Å². The minimum atomic E-state index is -2.97. The van der Waals surface area contributed by atoms with Gasteiger partial charge >= 0.3 is 6.61 Å². The average Bonchev–Trinajstić information content (AvgIpc) is 3.42. The van der Waals surface area contributed by atoms with Gasteiger partial charge in [0.2, 0.25) is 0 Å². The van der Waals surface area contributed by atoms with Crippen molar-refractivity contribution >= 4 is 22.8 Å². The molecule has 3 aromatic carbocycles. The highest BCUT2D eigenvalue weighted by molar-refractivity contribution is 6.12. The van der Waals surface area contributed by atoms with Crippen molar-refractivity contribution in [3.63, 3.8) is 0 Å². The molecule has 0 bridgehead atoms. The van der Waals surface area contributed by atoms with Gasteiger partial charge in [-0.05, 0) is 60.4 Å². The lowest BCUT2D eigenvalue weighted by molar-refractivity contribution is -0.198. The minimum Gasteiger partial charge on any atom is -0.455 e. The Morgan fingerprint density at radius 3 is 2.38 bits per heavy atom. The summed E-state index contributed by atoms with van der Waals surface area (Å²) in [5, 5.41) is 6.10. The maximum absolute atomic E-state index is 15.3. The number of halogens is 3. The molecule has 1 fully saturated rings. The second kappa shape index (κ2) is 13.0. The first-order valence-corrected chi connectivity index (χ1v) is 15.3. The molecule has 2 aromatic heterocycles. The Morgan fingerprint density at radius 1 is 1.02 bits per heavy atom. The van der Waals surface area contributed by atoms with E-state index in [-0.39, 0.29) is 30.1 Å². The van der Waals surface area contributed by atoms with Gasteiger partial charge in [-0.15, -0.1) is 0 Å². The highest BCUT2D eigenvalue weighted by Gasteiger charge is 2.50. The van der Waals surface area contributed by atoms with Gasteiger partial charge in [-0.1, -0.05) is 49.2 Å². The van der Waals surface area contributed by atoms with Crippen LogP contribution in [0.4, 0.5) is 13.2 Å². The van der Waals surface area contributed by atoms with Crippen LogP contribution in [0.3, 0.4) is 0 Å². The summed E-state index contributed by atoms with van der Waals surface area (Å²) in [5.41, 5.74) is 3.42. The number of hydrogen-bond donors (Lipinski definition) is 2. The van der Waals surface area contributed by atoms with Crippen molar-refractivity contribution in [2.24, 2.45) is 0 Å². The molecule has 0 spiro atoms. The molecule has 0 saturated heterocycles. The molecule has 11 heteroatoms. The molecule has 1 aliphatic rings. The number of aryl methyl sites for hydroxylation is 2. The van der Waals surface area contributed by atoms with Crippen LogP contribution in [0.1, 0.15) is 63.9 Å². The Kier molecular flexibility index (Phi) is 8.83. The number of carbonyl (C=O) groups is 2. The Bertz CT molecular complexity index is 1940. The van der Waals surface area contributed by atoms with Gasteiger partial charge in [-0.2, -0.15) is 8.78 Å². The van der Waals surface area contributed by atoms with Gasteiger partial charge in [0.25, 0.3) is 11.8 Å². The van der Waals surface area contributed by atoms with Crippen molar-refractivity contribution in [1.29, 1.82) is 0 Å². The van der Waals surface area contributed by atoms with E-state index < -0.39 is 30.0 Å². The van der Waals surface area contributed by atoms with Crippen LogP contribution in [-0.4, -0.2) is 41.5 Å². The molecule has 0 aliphatic heterocycles. The fourth-order valence-corrected chi connectivity index (χ4v) is 6.19. The molecule has 1 saturated carbocycles. The lowest BCUT2D eigenvalue weighted by Gasteiger charge is -2.46. The first-order valence-electron chi connectivity index (χ1n) is 15.3. The molecule has 47 heavy (non-hydrogen) atoms. The Hall–Kier alpha value is -5.03. The summed E-state index contributed by atoms with van der Waals surface area (Å²) in [4.78, 5) is 35.4. The molecule has 2 heterocycles. The number of nitrogens with zero attached hydrogens (tertiary/aromatic N) is 2. The van der Waals surface area contributed by atoms with E-state index >= 15 is 4.39 Å². The fraction of sp³-hybridized carbons (Fsp3) is 0.278. The number of ether oxygens (including phenoxy) is 1. The number of nitrogens with one attached hydrogen (secondary N) is 2. The third kappa shape index (κ3) is 6.23. The summed E-state index contributed by atoms with van der Waals surface area (Å²) in [5.74, 6) is -1.18. The standard InChI is InChI=1S/C36H33F3N4O4/c1-4-6-22-16-29-27(30(33(45)40-3)31(47-29)21-9-7-20(2)8-10-21)17-25(22)23-11-12-28(37)26(15-23)32(44)43-36(34-41-13-5-14-42-34)18-24(19-36)46-35(38)39/h5,7-17,24,35H,4,6,18-19H2,1-3H3,(H,40,45)(H,43,44). The zero-order valence-corrected chi connectivity index (χ0v) is 26.1. The first-order chi connectivity index (χ1) is 22.6. The molecule has 1 aliphatic carbocycles. The van der Waals surface area contributed by atoms with E-state index in [4.69, 9.17) is 4.42 Å². The van der Waals surface area contributed by atoms with Crippen LogP contribution in [-0.2, 0) is 16.7 Å². The molecule has 0 unspecified atom stereocenters. The Labute approximate surface area is 269 Å². The summed E-state index contributed by atoms with van der Waals surface area (Å²) in [6, 6.07) is 17.3. The molecule has 242 valence electrons. The monoisotopic (exact) mass is 642 g/mol. The Balaban J connectivity index is 1.41. The van der Waals surface area contributed by atoms with E-state index in [2.05, 4.69) is 25.3 Å². The van der Waals surface area contributed by atoms with E-state index in [9.17, 15) is 18.4 Å². The predicted octanol–water partition coefficient (Wildman–Crippen LogP) is 7.34. The van der Waals surface area contributed by atoms with Crippen LogP contribution in [0.5, 0.6) is 0 Å². The average molecular weight is 643 g/mol. The molecule has 2 amide bonds. The second-order valence-corrected chi connectivity index (χ2v) is 11.7. The molecule has 0 atom stereocenters. The van der Waals surface area contributed by atoms with Gasteiger partial charge < -0.3 is 19.8 Å². The van der Waals surface area contributed by atoms with E-state index in [1.165, 1.54) is 24.5 Å². The smallest absolute Gasteiger partial charge is 0.345 e. The lowest BCUT2D eigenvalue weighted by Crippen LogP contribution is -2.58. The number of alkyl halides is 2.